The van der Waals surface area contributed by atoms with E-state index in [-0.39, 0.29) is 0 Å². The molecule has 106 valence electrons. The van der Waals surface area contributed by atoms with Crippen molar-refractivity contribution in [3.8, 4) is 6.07 Å². The van der Waals surface area contributed by atoms with Gasteiger partial charge in [-0.3, -0.25) is 0 Å². The van der Waals surface area contributed by atoms with Gasteiger partial charge in [0.25, 0.3) is 0 Å². The number of rotatable bonds is 1. The van der Waals surface area contributed by atoms with E-state index in [4.69, 9.17) is 11.0 Å². The second kappa shape index (κ2) is 5.34. The molecule has 0 spiro atoms. The van der Waals surface area contributed by atoms with Gasteiger partial charge in [-0.25, -0.2) is 0 Å². The molecule has 0 bridgehead atoms. The fourth-order valence-corrected chi connectivity index (χ4v) is 3.76. The third-order valence-electron chi connectivity index (χ3n) is 4.85. The maximum Gasteiger partial charge on any atom is 0.0992 e. The van der Waals surface area contributed by atoms with Crippen molar-refractivity contribution in [1.29, 1.82) is 5.26 Å². The van der Waals surface area contributed by atoms with E-state index in [2.05, 4.69) is 22.9 Å². The van der Waals surface area contributed by atoms with E-state index in [9.17, 15) is 0 Å². The highest BCUT2D eigenvalue weighted by atomic mass is 15.2. The summed E-state index contributed by atoms with van der Waals surface area (Å²) in [5.41, 5.74) is 8.62. The Labute approximate surface area is 120 Å². The van der Waals surface area contributed by atoms with Crippen LogP contribution in [-0.4, -0.2) is 37.6 Å². The van der Waals surface area contributed by atoms with E-state index < -0.39 is 0 Å². The topological polar surface area (TPSA) is 56.3 Å². The highest BCUT2D eigenvalue weighted by Gasteiger charge is 2.34. The Morgan fingerprint density at radius 3 is 2.95 bits per heavy atom. The van der Waals surface area contributed by atoms with Crippen LogP contribution >= 0.6 is 0 Å². The van der Waals surface area contributed by atoms with Crippen LogP contribution in [0.2, 0.25) is 0 Å². The minimum Gasteiger partial charge on any atom is -0.397 e. The summed E-state index contributed by atoms with van der Waals surface area (Å²) in [6.45, 7) is 3.33. The van der Waals surface area contributed by atoms with Crippen molar-refractivity contribution in [3.05, 3.63) is 23.8 Å². The summed E-state index contributed by atoms with van der Waals surface area (Å²) in [6.07, 6.45) is 3.79. The first-order valence-corrected chi connectivity index (χ1v) is 7.44. The lowest BCUT2D eigenvalue weighted by atomic mass is 9.84. The van der Waals surface area contributed by atoms with Crippen LogP contribution in [0.4, 0.5) is 11.4 Å². The lowest BCUT2D eigenvalue weighted by Crippen LogP contribution is -2.52. The molecule has 2 unspecified atom stereocenters. The van der Waals surface area contributed by atoms with Gasteiger partial charge in [-0.2, -0.15) is 5.26 Å². The van der Waals surface area contributed by atoms with Gasteiger partial charge in [-0.05, 0) is 57.0 Å². The Morgan fingerprint density at radius 2 is 2.15 bits per heavy atom. The van der Waals surface area contributed by atoms with Crippen LogP contribution in [0.25, 0.3) is 0 Å². The SMILES string of the molecule is CN1CCCC2CN(c3cc(C#N)ccc3N)CCC21. The molecule has 2 aliphatic rings. The first-order valence-electron chi connectivity index (χ1n) is 7.44. The van der Waals surface area contributed by atoms with E-state index in [1.54, 1.807) is 6.07 Å². The number of nitrogen functional groups attached to an aromatic ring is 1. The highest BCUT2D eigenvalue weighted by molar-refractivity contribution is 5.70. The monoisotopic (exact) mass is 270 g/mol. The summed E-state index contributed by atoms with van der Waals surface area (Å²) in [5.74, 6) is 0.729. The van der Waals surface area contributed by atoms with Crippen LogP contribution in [0, 0.1) is 17.2 Å². The van der Waals surface area contributed by atoms with Crippen molar-refractivity contribution >= 4 is 11.4 Å². The molecule has 1 aromatic rings. The normalized spacial score (nSPS) is 26.9. The Kier molecular flexibility index (Phi) is 3.54. The standard InChI is InChI=1S/C16H22N4/c1-19-7-2-3-13-11-20(8-6-15(13)19)16-9-12(10-17)4-5-14(16)18/h4-5,9,13,15H,2-3,6-8,11,18H2,1H3. The summed E-state index contributed by atoms with van der Waals surface area (Å²) in [7, 11) is 2.25. The molecule has 3 rings (SSSR count). The smallest absolute Gasteiger partial charge is 0.0992 e. The van der Waals surface area contributed by atoms with Gasteiger partial charge in [0.2, 0.25) is 0 Å². The van der Waals surface area contributed by atoms with Crippen LogP contribution in [0.1, 0.15) is 24.8 Å². The van der Waals surface area contributed by atoms with Crippen molar-refractivity contribution in [2.45, 2.75) is 25.3 Å². The zero-order valence-corrected chi connectivity index (χ0v) is 12.0. The summed E-state index contributed by atoms with van der Waals surface area (Å²) in [4.78, 5) is 4.89. The van der Waals surface area contributed by atoms with Gasteiger partial charge in [-0.15, -0.1) is 0 Å². The number of benzene rings is 1. The fourth-order valence-electron chi connectivity index (χ4n) is 3.76. The molecule has 0 aromatic heterocycles. The van der Waals surface area contributed by atoms with Crippen LogP contribution < -0.4 is 10.6 Å². The lowest BCUT2D eigenvalue weighted by Gasteiger charge is -2.46. The second-order valence-electron chi connectivity index (χ2n) is 6.07. The molecular formula is C16H22N4. The molecular weight excluding hydrogens is 248 g/mol. The van der Waals surface area contributed by atoms with Crippen molar-refractivity contribution in [1.82, 2.24) is 4.90 Å². The fraction of sp³-hybridized carbons (Fsp3) is 0.562. The average molecular weight is 270 g/mol. The van der Waals surface area contributed by atoms with Crippen molar-refractivity contribution in [2.75, 3.05) is 37.3 Å². The van der Waals surface area contributed by atoms with E-state index in [1.807, 2.05) is 12.1 Å². The quantitative estimate of drug-likeness (QED) is 0.794. The van der Waals surface area contributed by atoms with Crippen molar-refractivity contribution in [3.63, 3.8) is 0 Å². The molecule has 2 heterocycles. The van der Waals surface area contributed by atoms with Crippen molar-refractivity contribution < 1.29 is 0 Å². The van der Waals surface area contributed by atoms with Crippen LogP contribution in [0.15, 0.2) is 18.2 Å². The minimum absolute atomic E-state index is 0.692. The molecule has 2 aliphatic heterocycles. The van der Waals surface area contributed by atoms with Crippen LogP contribution in [0.5, 0.6) is 0 Å². The minimum atomic E-state index is 0.692. The predicted octanol–water partition coefficient (Wildman–Crippen LogP) is 2.06. The van der Waals surface area contributed by atoms with Crippen LogP contribution in [0.3, 0.4) is 0 Å². The van der Waals surface area contributed by atoms with E-state index in [0.717, 1.165) is 36.4 Å². The predicted molar refractivity (Wildman–Crippen MR) is 81.5 cm³/mol. The number of nitrogens with zero attached hydrogens (tertiary/aromatic N) is 3. The Balaban J connectivity index is 1.81. The third-order valence-corrected chi connectivity index (χ3v) is 4.85. The number of nitriles is 1. The molecule has 0 aliphatic carbocycles. The zero-order valence-electron chi connectivity index (χ0n) is 12.0. The summed E-state index contributed by atoms with van der Waals surface area (Å²) < 4.78 is 0. The second-order valence-corrected chi connectivity index (χ2v) is 6.07. The maximum atomic E-state index is 9.06. The lowest BCUT2D eigenvalue weighted by molar-refractivity contribution is 0.102. The molecule has 0 radical (unpaired) electrons. The van der Waals surface area contributed by atoms with Gasteiger partial charge in [-0.1, -0.05) is 0 Å². The number of fused-ring (bicyclic) bond motifs is 1. The Bertz CT molecular complexity index is 534. The van der Waals surface area contributed by atoms with E-state index in [0.29, 0.717) is 5.56 Å². The van der Waals surface area contributed by atoms with Crippen molar-refractivity contribution in [2.24, 2.45) is 5.92 Å². The number of anilines is 2. The molecule has 2 fully saturated rings. The Hall–Kier alpha value is -1.73. The highest BCUT2D eigenvalue weighted by Crippen LogP contribution is 2.34. The largest absolute Gasteiger partial charge is 0.397 e. The number of nitrogens with two attached hydrogens (primary N) is 1. The van der Waals surface area contributed by atoms with E-state index in [1.165, 1.54) is 25.8 Å². The number of likely N-dealkylation sites (tertiary alicyclic amines) is 1. The molecule has 4 nitrogen and oxygen atoms in total. The molecule has 2 N–H and O–H groups in total. The first-order chi connectivity index (χ1) is 9.69. The Morgan fingerprint density at radius 1 is 1.30 bits per heavy atom. The molecule has 20 heavy (non-hydrogen) atoms. The van der Waals surface area contributed by atoms with E-state index >= 15 is 0 Å². The van der Waals surface area contributed by atoms with Crippen LogP contribution in [-0.2, 0) is 0 Å². The van der Waals surface area contributed by atoms with Gasteiger partial charge >= 0.3 is 0 Å². The van der Waals surface area contributed by atoms with Gasteiger partial charge < -0.3 is 15.5 Å². The summed E-state index contributed by atoms with van der Waals surface area (Å²) >= 11 is 0. The summed E-state index contributed by atoms with van der Waals surface area (Å²) in [6, 6.07) is 8.51. The van der Waals surface area contributed by atoms with Gasteiger partial charge in [0, 0.05) is 19.1 Å². The number of hydrogen-bond acceptors (Lipinski definition) is 4. The number of piperidine rings is 2. The first kappa shape index (κ1) is 13.3. The molecule has 2 atom stereocenters. The molecule has 0 saturated carbocycles. The molecule has 1 aromatic carbocycles. The molecule has 2 saturated heterocycles. The summed E-state index contributed by atoms with van der Waals surface area (Å²) in [5, 5.41) is 9.06. The third kappa shape index (κ3) is 2.34. The molecule has 0 amide bonds. The zero-order chi connectivity index (χ0) is 14.1. The van der Waals surface area contributed by atoms with Gasteiger partial charge in [0.15, 0.2) is 0 Å². The molecule has 4 heteroatoms. The number of hydrogen-bond donors (Lipinski definition) is 1. The van der Waals surface area contributed by atoms with Gasteiger partial charge in [0.1, 0.15) is 0 Å². The average Bonchev–Trinajstić information content (AvgIpc) is 2.48. The maximum absolute atomic E-state index is 9.06. The van der Waals surface area contributed by atoms with Gasteiger partial charge in [0.05, 0.1) is 23.0 Å².